The van der Waals surface area contributed by atoms with E-state index in [1.165, 1.54) is 0 Å². The second-order valence-corrected chi connectivity index (χ2v) is 6.59. The van der Waals surface area contributed by atoms with Crippen LogP contribution in [0.25, 0.3) is 0 Å². The molecule has 2 aliphatic heterocycles. The van der Waals surface area contributed by atoms with E-state index >= 15 is 0 Å². The summed E-state index contributed by atoms with van der Waals surface area (Å²) < 4.78 is 5.38. The van der Waals surface area contributed by atoms with Crippen molar-refractivity contribution in [3.05, 3.63) is 18.6 Å². The third-order valence-corrected chi connectivity index (χ3v) is 4.91. The number of hydrogen-bond donors (Lipinski definition) is 1. The van der Waals surface area contributed by atoms with Crippen LogP contribution in [0.15, 0.2) is 18.6 Å². The lowest BCUT2D eigenvalue weighted by Crippen LogP contribution is -2.49. The second kappa shape index (κ2) is 8.39. The number of ether oxygens (including phenoxy) is 1. The van der Waals surface area contributed by atoms with Crippen molar-refractivity contribution in [2.45, 2.75) is 25.8 Å². The minimum Gasteiger partial charge on any atom is -0.379 e. The highest BCUT2D eigenvalue weighted by Gasteiger charge is 2.27. The number of hydrogen-bond acceptors (Lipinski definition) is 6. The number of nitrogens with zero attached hydrogens (tertiary/aromatic N) is 4. The first kappa shape index (κ1) is 17.1. The van der Waals surface area contributed by atoms with Crippen LogP contribution in [0.3, 0.4) is 0 Å². The zero-order valence-corrected chi connectivity index (χ0v) is 14.4. The van der Waals surface area contributed by atoms with Crippen LogP contribution >= 0.6 is 0 Å². The highest BCUT2D eigenvalue weighted by Crippen LogP contribution is 2.21. The summed E-state index contributed by atoms with van der Waals surface area (Å²) in [5.41, 5.74) is 0. The Morgan fingerprint density at radius 3 is 2.96 bits per heavy atom. The smallest absolute Gasteiger partial charge is 0.224 e. The van der Waals surface area contributed by atoms with Gasteiger partial charge in [0, 0.05) is 51.2 Å². The zero-order chi connectivity index (χ0) is 16.8. The van der Waals surface area contributed by atoms with Crippen LogP contribution in [-0.4, -0.2) is 72.8 Å². The molecule has 0 saturated carbocycles. The number of piperidine rings is 1. The van der Waals surface area contributed by atoms with Crippen molar-refractivity contribution in [3.8, 4) is 0 Å². The average molecular weight is 333 g/mol. The summed E-state index contributed by atoms with van der Waals surface area (Å²) in [5, 5.41) is 3.14. The van der Waals surface area contributed by atoms with Crippen molar-refractivity contribution in [2.75, 3.05) is 50.8 Å². The first-order chi connectivity index (χ1) is 11.7. The Kier molecular flexibility index (Phi) is 5.98. The van der Waals surface area contributed by atoms with Gasteiger partial charge in [-0.25, -0.2) is 4.98 Å². The summed E-state index contributed by atoms with van der Waals surface area (Å²) in [6.07, 6.45) is 7.08. The number of morpholine rings is 1. The number of amides is 1. The van der Waals surface area contributed by atoms with Gasteiger partial charge in [-0.2, -0.15) is 0 Å². The van der Waals surface area contributed by atoms with Crippen molar-refractivity contribution < 1.29 is 9.53 Å². The minimum absolute atomic E-state index is 0.0256. The van der Waals surface area contributed by atoms with Crippen molar-refractivity contribution in [2.24, 2.45) is 5.92 Å². The average Bonchev–Trinajstić information content (AvgIpc) is 2.67. The predicted octanol–water partition coefficient (Wildman–Crippen LogP) is 0.530. The molecule has 2 aliphatic rings. The fourth-order valence-electron chi connectivity index (χ4n) is 3.39. The predicted molar refractivity (Wildman–Crippen MR) is 91.8 cm³/mol. The first-order valence-corrected chi connectivity index (χ1v) is 8.84. The highest BCUT2D eigenvalue weighted by atomic mass is 16.5. The Balaban J connectivity index is 1.47. The van der Waals surface area contributed by atoms with Gasteiger partial charge in [-0.05, 0) is 19.8 Å². The van der Waals surface area contributed by atoms with Gasteiger partial charge in [0.2, 0.25) is 5.91 Å². The summed E-state index contributed by atoms with van der Waals surface area (Å²) in [6.45, 7) is 7.98. The van der Waals surface area contributed by atoms with E-state index < -0.39 is 0 Å². The maximum absolute atomic E-state index is 12.5. The molecule has 0 aliphatic carbocycles. The van der Waals surface area contributed by atoms with Gasteiger partial charge in [0.1, 0.15) is 5.82 Å². The molecule has 0 unspecified atom stereocenters. The van der Waals surface area contributed by atoms with E-state index in [-0.39, 0.29) is 11.8 Å². The lowest BCUT2D eigenvalue weighted by Gasteiger charge is -2.34. The molecule has 0 radical (unpaired) electrons. The number of rotatable bonds is 5. The number of nitrogens with one attached hydrogen (secondary N) is 1. The van der Waals surface area contributed by atoms with Crippen LogP contribution < -0.4 is 10.2 Å². The van der Waals surface area contributed by atoms with Gasteiger partial charge in [-0.3, -0.25) is 14.7 Å². The normalized spacial score (nSPS) is 23.7. The summed E-state index contributed by atoms with van der Waals surface area (Å²) in [6, 6.07) is 0.345. The van der Waals surface area contributed by atoms with Gasteiger partial charge >= 0.3 is 0 Å². The molecule has 3 rings (SSSR count). The van der Waals surface area contributed by atoms with Crippen LogP contribution in [-0.2, 0) is 9.53 Å². The number of aromatic nitrogens is 2. The molecule has 2 fully saturated rings. The molecule has 1 aromatic heterocycles. The van der Waals surface area contributed by atoms with E-state index in [0.717, 1.165) is 58.1 Å². The molecule has 7 heteroatoms. The van der Waals surface area contributed by atoms with Crippen LogP contribution in [0.2, 0.25) is 0 Å². The monoisotopic (exact) mass is 333 g/mol. The van der Waals surface area contributed by atoms with Crippen molar-refractivity contribution >= 4 is 11.7 Å². The topological polar surface area (TPSA) is 70.6 Å². The molecule has 2 saturated heterocycles. The Morgan fingerprint density at radius 2 is 2.21 bits per heavy atom. The summed E-state index contributed by atoms with van der Waals surface area (Å²) in [5.74, 6) is 1.04. The fraction of sp³-hybridized carbons (Fsp3) is 0.706. The van der Waals surface area contributed by atoms with E-state index in [0.29, 0.717) is 12.6 Å². The molecule has 3 heterocycles. The lowest BCUT2D eigenvalue weighted by atomic mass is 9.97. The van der Waals surface area contributed by atoms with Gasteiger partial charge in [-0.15, -0.1) is 0 Å². The quantitative estimate of drug-likeness (QED) is 0.848. The van der Waals surface area contributed by atoms with E-state index in [1.54, 1.807) is 18.6 Å². The minimum atomic E-state index is 0.0256. The Morgan fingerprint density at radius 1 is 1.38 bits per heavy atom. The summed E-state index contributed by atoms with van der Waals surface area (Å²) >= 11 is 0. The van der Waals surface area contributed by atoms with Gasteiger partial charge in [0.15, 0.2) is 0 Å². The fourth-order valence-corrected chi connectivity index (χ4v) is 3.39. The standard InChI is InChI=1S/C17H27N5O2/c1-14(21-7-9-24-10-8-21)11-20-17(23)15-3-2-6-22(13-15)16-12-18-4-5-19-16/h4-5,12,14-15H,2-3,6-11,13H2,1H3,(H,20,23)/t14-,15+/m0/s1. The van der Waals surface area contributed by atoms with Crippen LogP contribution in [0.5, 0.6) is 0 Å². The lowest BCUT2D eigenvalue weighted by molar-refractivity contribution is -0.125. The Labute approximate surface area is 143 Å². The molecule has 2 atom stereocenters. The maximum Gasteiger partial charge on any atom is 0.224 e. The number of carbonyl (C=O) groups excluding carboxylic acids is 1. The van der Waals surface area contributed by atoms with Crippen LogP contribution in [0.4, 0.5) is 5.82 Å². The van der Waals surface area contributed by atoms with E-state index in [4.69, 9.17) is 4.74 Å². The molecule has 1 aromatic rings. The molecule has 1 amide bonds. The van der Waals surface area contributed by atoms with E-state index in [1.807, 2.05) is 0 Å². The molecule has 0 aromatic carbocycles. The third-order valence-electron chi connectivity index (χ3n) is 4.91. The zero-order valence-electron chi connectivity index (χ0n) is 14.4. The molecule has 0 bridgehead atoms. The maximum atomic E-state index is 12.5. The van der Waals surface area contributed by atoms with Crippen molar-refractivity contribution in [3.63, 3.8) is 0 Å². The summed E-state index contributed by atoms with van der Waals surface area (Å²) in [4.78, 5) is 25.5. The first-order valence-electron chi connectivity index (χ1n) is 8.84. The van der Waals surface area contributed by atoms with Gasteiger partial charge in [0.25, 0.3) is 0 Å². The Hall–Kier alpha value is -1.73. The third kappa shape index (κ3) is 4.42. The number of carbonyl (C=O) groups is 1. The molecule has 0 spiro atoms. The van der Waals surface area contributed by atoms with Gasteiger partial charge in [-0.1, -0.05) is 0 Å². The molecular weight excluding hydrogens is 306 g/mol. The molecule has 1 N–H and O–H groups in total. The second-order valence-electron chi connectivity index (χ2n) is 6.59. The SMILES string of the molecule is C[C@@H](CNC(=O)[C@@H]1CCCN(c2cnccn2)C1)N1CCOCC1. The largest absolute Gasteiger partial charge is 0.379 e. The van der Waals surface area contributed by atoms with Gasteiger partial charge < -0.3 is 15.0 Å². The molecular formula is C17H27N5O2. The molecule has 132 valence electrons. The number of anilines is 1. The van der Waals surface area contributed by atoms with E-state index in [2.05, 4.69) is 32.0 Å². The van der Waals surface area contributed by atoms with Crippen molar-refractivity contribution in [1.29, 1.82) is 0 Å². The highest BCUT2D eigenvalue weighted by molar-refractivity contribution is 5.79. The van der Waals surface area contributed by atoms with E-state index in [9.17, 15) is 4.79 Å². The molecule has 7 nitrogen and oxygen atoms in total. The van der Waals surface area contributed by atoms with Crippen molar-refractivity contribution in [1.82, 2.24) is 20.2 Å². The summed E-state index contributed by atoms with van der Waals surface area (Å²) in [7, 11) is 0. The van der Waals surface area contributed by atoms with Gasteiger partial charge in [0.05, 0.1) is 25.3 Å². The molecule has 24 heavy (non-hydrogen) atoms. The Bertz CT molecular complexity index is 521. The van der Waals surface area contributed by atoms with Crippen LogP contribution in [0.1, 0.15) is 19.8 Å². The van der Waals surface area contributed by atoms with Crippen LogP contribution in [0, 0.1) is 5.92 Å².